The zero-order valence-corrected chi connectivity index (χ0v) is 16.7. The number of rotatable bonds is 7. The third-order valence-corrected chi connectivity index (χ3v) is 5.49. The van der Waals surface area contributed by atoms with Gasteiger partial charge in [0.15, 0.2) is 5.11 Å². The van der Waals surface area contributed by atoms with Crippen LogP contribution in [0.25, 0.3) is 0 Å². The Morgan fingerprint density at radius 1 is 1.31 bits per heavy atom. The number of benzene rings is 1. The van der Waals surface area contributed by atoms with Crippen molar-refractivity contribution >= 4 is 40.7 Å². The van der Waals surface area contributed by atoms with Gasteiger partial charge in [-0.25, -0.2) is 4.68 Å². The molecule has 0 saturated carbocycles. The van der Waals surface area contributed by atoms with Crippen LogP contribution in [0.15, 0.2) is 35.7 Å². The lowest BCUT2D eigenvalue weighted by atomic mass is 10.2. The van der Waals surface area contributed by atoms with E-state index in [1.807, 2.05) is 24.3 Å². The van der Waals surface area contributed by atoms with E-state index in [1.165, 1.54) is 10.5 Å². The maximum absolute atomic E-state index is 5.91. The monoisotopic (exact) mass is 413 g/mol. The second-order valence-corrected chi connectivity index (χ2v) is 7.67. The molecule has 0 radical (unpaired) electrons. The fourth-order valence-electron chi connectivity index (χ4n) is 2.54. The first-order valence-corrected chi connectivity index (χ1v) is 10.2. The zero-order valence-electron chi connectivity index (χ0n) is 14.3. The highest BCUT2D eigenvalue weighted by atomic mass is 35.5. The lowest BCUT2D eigenvalue weighted by Gasteiger charge is -2.24. The van der Waals surface area contributed by atoms with Crippen LogP contribution in [0.2, 0.25) is 5.02 Å². The van der Waals surface area contributed by atoms with Crippen LogP contribution in [-0.4, -0.2) is 59.4 Å². The predicted octanol–water partition coefficient (Wildman–Crippen LogP) is 0.557. The van der Waals surface area contributed by atoms with Gasteiger partial charge in [0.05, 0.1) is 26.3 Å². The van der Waals surface area contributed by atoms with Crippen molar-refractivity contribution in [1.29, 1.82) is 0 Å². The molecule has 0 atom stereocenters. The van der Waals surface area contributed by atoms with E-state index in [-0.39, 0.29) is 0 Å². The van der Waals surface area contributed by atoms with Crippen molar-refractivity contribution in [2.45, 2.75) is 10.9 Å². The van der Waals surface area contributed by atoms with Crippen molar-refractivity contribution in [3.8, 4) is 0 Å². The van der Waals surface area contributed by atoms with Crippen LogP contribution in [0.5, 0.6) is 0 Å². The fraction of sp³-hybridized carbons (Fsp3) is 0.438. The molecule has 7 nitrogen and oxygen atoms in total. The molecular formula is C16H22ClN6OS2+. The van der Waals surface area contributed by atoms with Crippen LogP contribution in [0.3, 0.4) is 0 Å². The van der Waals surface area contributed by atoms with Gasteiger partial charge < -0.3 is 15.0 Å². The van der Waals surface area contributed by atoms with Gasteiger partial charge in [0.25, 0.3) is 0 Å². The summed E-state index contributed by atoms with van der Waals surface area (Å²) >= 11 is 12.9. The molecule has 0 amide bonds. The van der Waals surface area contributed by atoms with E-state index >= 15 is 0 Å². The Kier molecular flexibility index (Phi) is 7.51. The number of nitrogens with one attached hydrogen (secondary N) is 3. The molecule has 3 rings (SSSR count). The normalized spacial score (nSPS) is 15.0. The highest BCUT2D eigenvalue weighted by Crippen LogP contribution is 2.21. The third-order valence-electron chi connectivity index (χ3n) is 3.98. The molecule has 2 heterocycles. The largest absolute Gasteiger partial charge is 0.370 e. The second-order valence-electron chi connectivity index (χ2n) is 5.88. The Morgan fingerprint density at radius 2 is 2.08 bits per heavy atom. The van der Waals surface area contributed by atoms with Crippen molar-refractivity contribution in [2.24, 2.45) is 0 Å². The number of thiocarbonyl (C=S) groups is 1. The van der Waals surface area contributed by atoms with Gasteiger partial charge in [0.1, 0.15) is 19.4 Å². The lowest BCUT2D eigenvalue weighted by molar-refractivity contribution is -0.906. The van der Waals surface area contributed by atoms with Gasteiger partial charge in [0, 0.05) is 10.8 Å². The number of nitrogens with zero attached hydrogens (tertiary/aromatic N) is 3. The van der Waals surface area contributed by atoms with Crippen molar-refractivity contribution in [3.63, 3.8) is 0 Å². The van der Waals surface area contributed by atoms with E-state index in [1.54, 1.807) is 22.8 Å². The van der Waals surface area contributed by atoms with Crippen molar-refractivity contribution in [1.82, 2.24) is 20.2 Å². The van der Waals surface area contributed by atoms with E-state index in [0.29, 0.717) is 5.11 Å². The predicted molar refractivity (Wildman–Crippen MR) is 107 cm³/mol. The SMILES string of the molecule is S=C(NCC[NH+]1CCOCC1)Nn1cnnc1SCc1ccc(Cl)cc1. The average molecular weight is 414 g/mol. The Bertz CT molecular complexity index is 705. The number of morpholine rings is 1. The molecule has 1 saturated heterocycles. The minimum Gasteiger partial charge on any atom is -0.370 e. The highest BCUT2D eigenvalue weighted by Gasteiger charge is 2.13. The van der Waals surface area contributed by atoms with Crippen molar-refractivity contribution in [3.05, 3.63) is 41.2 Å². The van der Waals surface area contributed by atoms with Gasteiger partial charge in [-0.2, -0.15) is 0 Å². The molecule has 0 spiro atoms. The Balaban J connectivity index is 1.42. The quantitative estimate of drug-likeness (QED) is 0.452. The van der Waals surface area contributed by atoms with E-state index in [4.69, 9.17) is 28.6 Å². The topological polar surface area (TPSA) is 68.4 Å². The van der Waals surface area contributed by atoms with Crippen LogP contribution in [0, 0.1) is 0 Å². The molecule has 10 heteroatoms. The third kappa shape index (κ3) is 6.10. The van der Waals surface area contributed by atoms with E-state index in [0.717, 1.165) is 55.3 Å². The van der Waals surface area contributed by atoms with Gasteiger partial charge in [-0.05, 0) is 29.9 Å². The van der Waals surface area contributed by atoms with Gasteiger partial charge in [0.2, 0.25) is 5.16 Å². The van der Waals surface area contributed by atoms with E-state index < -0.39 is 0 Å². The molecule has 1 aliphatic heterocycles. The Hall–Kier alpha value is -1.39. The number of halogens is 1. The molecule has 140 valence electrons. The molecule has 2 aromatic rings. The number of aromatic nitrogens is 3. The van der Waals surface area contributed by atoms with Gasteiger partial charge >= 0.3 is 0 Å². The lowest BCUT2D eigenvalue weighted by Crippen LogP contribution is -3.14. The standard InChI is InChI=1S/C16H21ClN6OS2/c17-14-3-1-13(2-4-14)11-26-16-20-19-12-23(16)21-15(25)18-5-6-22-7-9-24-10-8-22/h1-4,12H,5-11H2,(H2,18,21,25)/p+1. The first-order valence-electron chi connectivity index (χ1n) is 8.44. The van der Waals surface area contributed by atoms with Crippen LogP contribution < -0.4 is 15.6 Å². The minimum atomic E-state index is 0.561. The summed E-state index contributed by atoms with van der Waals surface area (Å²) < 4.78 is 7.10. The molecule has 1 aromatic carbocycles. The second kappa shape index (κ2) is 10.1. The Labute approximate surface area is 167 Å². The Morgan fingerprint density at radius 3 is 2.85 bits per heavy atom. The van der Waals surface area contributed by atoms with Crippen molar-refractivity contribution < 1.29 is 9.64 Å². The molecule has 0 bridgehead atoms. The first-order chi connectivity index (χ1) is 12.7. The first kappa shape index (κ1) is 19.4. The maximum atomic E-state index is 5.91. The molecule has 1 aliphatic rings. The number of ether oxygens (including phenoxy) is 1. The number of quaternary nitrogens is 1. The molecule has 0 unspecified atom stereocenters. The van der Waals surface area contributed by atoms with Gasteiger partial charge in [-0.15, -0.1) is 10.2 Å². The van der Waals surface area contributed by atoms with Crippen LogP contribution >= 0.6 is 35.6 Å². The smallest absolute Gasteiger partial charge is 0.210 e. The molecule has 26 heavy (non-hydrogen) atoms. The van der Waals surface area contributed by atoms with E-state index in [2.05, 4.69) is 20.9 Å². The van der Waals surface area contributed by atoms with E-state index in [9.17, 15) is 0 Å². The van der Waals surface area contributed by atoms with Crippen LogP contribution in [-0.2, 0) is 10.5 Å². The minimum absolute atomic E-state index is 0.561. The number of hydrogen-bond acceptors (Lipinski definition) is 5. The summed E-state index contributed by atoms with van der Waals surface area (Å²) in [7, 11) is 0. The molecule has 1 fully saturated rings. The zero-order chi connectivity index (χ0) is 18.2. The number of hydrogen-bond donors (Lipinski definition) is 3. The van der Waals surface area contributed by atoms with Crippen LogP contribution in [0.1, 0.15) is 5.56 Å². The highest BCUT2D eigenvalue weighted by molar-refractivity contribution is 7.98. The molecular weight excluding hydrogens is 392 g/mol. The maximum Gasteiger partial charge on any atom is 0.210 e. The molecule has 0 aliphatic carbocycles. The summed E-state index contributed by atoms with van der Waals surface area (Å²) in [6, 6.07) is 7.78. The van der Waals surface area contributed by atoms with Gasteiger partial charge in [-0.1, -0.05) is 35.5 Å². The van der Waals surface area contributed by atoms with Crippen molar-refractivity contribution in [2.75, 3.05) is 44.8 Å². The summed E-state index contributed by atoms with van der Waals surface area (Å²) in [6.07, 6.45) is 1.62. The summed E-state index contributed by atoms with van der Waals surface area (Å²) in [6.45, 7) is 5.62. The summed E-state index contributed by atoms with van der Waals surface area (Å²) in [5, 5.41) is 13.4. The summed E-state index contributed by atoms with van der Waals surface area (Å²) in [4.78, 5) is 1.54. The summed E-state index contributed by atoms with van der Waals surface area (Å²) in [5.74, 6) is 0.776. The molecule has 1 aromatic heterocycles. The van der Waals surface area contributed by atoms with Crippen LogP contribution in [0.4, 0.5) is 0 Å². The number of thioether (sulfide) groups is 1. The fourth-order valence-corrected chi connectivity index (χ4v) is 3.69. The molecule has 3 N–H and O–H groups in total. The van der Waals surface area contributed by atoms with Gasteiger partial charge in [-0.3, -0.25) is 5.43 Å². The summed E-state index contributed by atoms with van der Waals surface area (Å²) in [5.41, 5.74) is 4.28. The average Bonchev–Trinajstić information content (AvgIpc) is 3.09.